The zero-order valence-electron chi connectivity index (χ0n) is 12.9. The third-order valence-electron chi connectivity index (χ3n) is 5.39. The molecule has 0 aromatic heterocycles. The summed E-state index contributed by atoms with van der Waals surface area (Å²) in [7, 11) is 0. The Morgan fingerprint density at radius 1 is 1.42 bits per heavy atom. The second kappa shape index (κ2) is 5.68. The highest BCUT2D eigenvalue weighted by Gasteiger charge is 2.58. The summed E-state index contributed by atoms with van der Waals surface area (Å²) in [5, 5.41) is 3.56. The molecule has 1 saturated heterocycles. The molecule has 0 spiro atoms. The number of hydrogen-bond acceptors (Lipinski definition) is 4. The van der Waals surface area contributed by atoms with Gasteiger partial charge in [-0.05, 0) is 32.6 Å². The van der Waals surface area contributed by atoms with Crippen LogP contribution in [0.2, 0.25) is 0 Å². The van der Waals surface area contributed by atoms with E-state index in [1.165, 1.54) is 0 Å². The van der Waals surface area contributed by atoms with Crippen LogP contribution in [0.4, 0.5) is 0 Å². The van der Waals surface area contributed by atoms with Crippen LogP contribution in [-0.4, -0.2) is 44.1 Å². The van der Waals surface area contributed by atoms with Crippen molar-refractivity contribution in [1.82, 2.24) is 5.32 Å². The van der Waals surface area contributed by atoms with Gasteiger partial charge in [-0.15, -0.1) is 0 Å². The Bertz CT molecular complexity index is 309. The summed E-state index contributed by atoms with van der Waals surface area (Å²) >= 11 is 0. The monoisotopic (exact) mass is 270 g/mol. The van der Waals surface area contributed by atoms with Crippen LogP contribution in [0, 0.1) is 11.3 Å². The van der Waals surface area contributed by atoms with Gasteiger partial charge in [-0.25, -0.2) is 0 Å². The summed E-state index contributed by atoms with van der Waals surface area (Å²) in [6.45, 7) is 12.2. The molecule has 4 nitrogen and oxygen atoms in total. The number of nitrogens with one attached hydrogen (secondary N) is 1. The predicted octanol–water partition coefficient (Wildman–Crippen LogP) is 1.53. The van der Waals surface area contributed by atoms with Gasteiger partial charge in [0.05, 0.1) is 12.2 Å². The van der Waals surface area contributed by atoms with Crippen molar-refractivity contribution in [3.63, 3.8) is 0 Å². The van der Waals surface area contributed by atoms with Crippen LogP contribution >= 0.6 is 0 Å². The van der Waals surface area contributed by atoms with Crippen LogP contribution in [0.25, 0.3) is 0 Å². The fourth-order valence-corrected chi connectivity index (χ4v) is 3.33. The van der Waals surface area contributed by atoms with Gasteiger partial charge in [0, 0.05) is 37.3 Å². The van der Waals surface area contributed by atoms with E-state index in [2.05, 4.69) is 26.1 Å². The molecule has 1 heterocycles. The molecular formula is C15H30N2O2. The Kier molecular flexibility index (Phi) is 4.56. The first kappa shape index (κ1) is 15.2. The zero-order chi connectivity index (χ0) is 14.1. The normalized spacial score (nSPS) is 41.2. The van der Waals surface area contributed by atoms with Crippen molar-refractivity contribution in [2.45, 2.75) is 58.3 Å². The molecule has 2 fully saturated rings. The molecule has 0 radical (unpaired) electrons. The molecule has 19 heavy (non-hydrogen) atoms. The standard InChI is InChI=1S/C15H30N2O2/c1-5-18-13-8-15(16,14(13,3)4)10-17-9-12-6-7-19-11(12)2/h11-13,17H,5-10,16H2,1-4H3. The lowest BCUT2D eigenvalue weighted by Crippen LogP contribution is -2.73. The molecule has 0 bridgehead atoms. The largest absolute Gasteiger partial charge is 0.378 e. The first-order chi connectivity index (χ1) is 8.90. The third kappa shape index (κ3) is 2.82. The summed E-state index contributed by atoms with van der Waals surface area (Å²) in [6, 6.07) is 0. The zero-order valence-corrected chi connectivity index (χ0v) is 12.9. The average Bonchev–Trinajstić information content (AvgIpc) is 2.75. The van der Waals surface area contributed by atoms with E-state index in [0.717, 1.165) is 39.1 Å². The van der Waals surface area contributed by atoms with E-state index in [9.17, 15) is 0 Å². The highest BCUT2D eigenvalue weighted by molar-refractivity contribution is 5.14. The number of hydrogen-bond donors (Lipinski definition) is 2. The van der Waals surface area contributed by atoms with Gasteiger partial charge in [-0.3, -0.25) is 0 Å². The number of nitrogens with two attached hydrogens (primary N) is 1. The maximum atomic E-state index is 6.55. The maximum Gasteiger partial charge on any atom is 0.0662 e. The predicted molar refractivity (Wildman–Crippen MR) is 77.1 cm³/mol. The quantitative estimate of drug-likeness (QED) is 0.768. The Morgan fingerprint density at radius 3 is 2.68 bits per heavy atom. The second-order valence-corrected chi connectivity index (χ2v) is 6.78. The van der Waals surface area contributed by atoms with Crippen LogP contribution in [0.1, 0.15) is 40.5 Å². The van der Waals surface area contributed by atoms with Gasteiger partial charge >= 0.3 is 0 Å². The van der Waals surface area contributed by atoms with Crippen LogP contribution in [0.5, 0.6) is 0 Å². The smallest absolute Gasteiger partial charge is 0.0662 e. The van der Waals surface area contributed by atoms with E-state index in [1.54, 1.807) is 0 Å². The van der Waals surface area contributed by atoms with Gasteiger partial charge in [0.25, 0.3) is 0 Å². The minimum absolute atomic E-state index is 0.0494. The van der Waals surface area contributed by atoms with Crippen molar-refractivity contribution in [2.75, 3.05) is 26.3 Å². The van der Waals surface area contributed by atoms with E-state index in [4.69, 9.17) is 15.2 Å². The average molecular weight is 270 g/mol. The van der Waals surface area contributed by atoms with Crippen molar-refractivity contribution in [3.8, 4) is 0 Å². The summed E-state index contributed by atoms with van der Waals surface area (Å²) in [6.07, 6.45) is 2.80. The molecule has 1 aliphatic heterocycles. The summed E-state index contributed by atoms with van der Waals surface area (Å²) in [5.41, 5.74) is 6.45. The van der Waals surface area contributed by atoms with E-state index in [1.807, 2.05) is 6.92 Å². The van der Waals surface area contributed by atoms with Crippen LogP contribution in [-0.2, 0) is 9.47 Å². The minimum Gasteiger partial charge on any atom is -0.378 e. The second-order valence-electron chi connectivity index (χ2n) is 6.78. The minimum atomic E-state index is -0.143. The van der Waals surface area contributed by atoms with Gasteiger partial charge in [0.2, 0.25) is 0 Å². The van der Waals surface area contributed by atoms with E-state index in [0.29, 0.717) is 18.1 Å². The molecular weight excluding hydrogens is 240 g/mol. The highest BCUT2D eigenvalue weighted by Crippen LogP contribution is 2.49. The SMILES string of the molecule is CCOC1CC(N)(CNCC2CCOC2C)C1(C)C. The Labute approximate surface area is 117 Å². The lowest BCUT2D eigenvalue weighted by Gasteiger charge is -2.59. The molecule has 3 N–H and O–H groups in total. The van der Waals surface area contributed by atoms with Crippen LogP contribution in [0.3, 0.4) is 0 Å². The summed E-state index contributed by atoms with van der Waals surface area (Å²) in [4.78, 5) is 0. The Balaban J connectivity index is 1.76. The molecule has 1 aliphatic carbocycles. The third-order valence-corrected chi connectivity index (χ3v) is 5.39. The van der Waals surface area contributed by atoms with Crippen molar-refractivity contribution in [3.05, 3.63) is 0 Å². The lowest BCUT2D eigenvalue weighted by atomic mass is 9.54. The first-order valence-corrected chi connectivity index (χ1v) is 7.63. The Hall–Kier alpha value is -0.160. The summed E-state index contributed by atoms with van der Waals surface area (Å²) < 4.78 is 11.3. The molecule has 0 aromatic rings. The van der Waals surface area contributed by atoms with E-state index in [-0.39, 0.29) is 11.0 Å². The van der Waals surface area contributed by atoms with Crippen molar-refractivity contribution in [1.29, 1.82) is 0 Å². The van der Waals surface area contributed by atoms with Crippen LogP contribution in [0.15, 0.2) is 0 Å². The van der Waals surface area contributed by atoms with Gasteiger partial charge in [-0.1, -0.05) is 13.8 Å². The molecule has 4 unspecified atom stereocenters. The molecule has 1 saturated carbocycles. The Morgan fingerprint density at radius 2 is 2.16 bits per heavy atom. The highest BCUT2D eigenvalue weighted by atomic mass is 16.5. The molecule has 2 aliphatic rings. The van der Waals surface area contributed by atoms with Gasteiger partial charge in [0.15, 0.2) is 0 Å². The van der Waals surface area contributed by atoms with Crippen LogP contribution < -0.4 is 11.1 Å². The fourth-order valence-electron chi connectivity index (χ4n) is 3.33. The molecule has 0 amide bonds. The van der Waals surface area contributed by atoms with Gasteiger partial charge < -0.3 is 20.5 Å². The molecule has 4 heteroatoms. The molecule has 112 valence electrons. The fraction of sp³-hybridized carbons (Fsp3) is 1.00. The molecule has 4 atom stereocenters. The molecule has 0 aromatic carbocycles. The number of rotatable bonds is 6. The van der Waals surface area contributed by atoms with Crippen molar-refractivity contribution < 1.29 is 9.47 Å². The number of ether oxygens (including phenoxy) is 2. The van der Waals surface area contributed by atoms with Crippen molar-refractivity contribution >= 4 is 0 Å². The topological polar surface area (TPSA) is 56.5 Å². The van der Waals surface area contributed by atoms with E-state index < -0.39 is 0 Å². The maximum absolute atomic E-state index is 6.55. The van der Waals surface area contributed by atoms with Crippen molar-refractivity contribution in [2.24, 2.45) is 17.1 Å². The molecule has 2 rings (SSSR count). The van der Waals surface area contributed by atoms with E-state index >= 15 is 0 Å². The van der Waals surface area contributed by atoms with Gasteiger partial charge in [0.1, 0.15) is 0 Å². The van der Waals surface area contributed by atoms with Gasteiger partial charge in [-0.2, -0.15) is 0 Å². The summed E-state index contributed by atoms with van der Waals surface area (Å²) in [5.74, 6) is 0.634. The first-order valence-electron chi connectivity index (χ1n) is 7.63. The lowest BCUT2D eigenvalue weighted by molar-refractivity contribution is -0.148.